The lowest BCUT2D eigenvalue weighted by Crippen LogP contribution is -2.33. The van der Waals surface area contributed by atoms with Crippen molar-refractivity contribution in [2.45, 2.75) is 33.2 Å². The quantitative estimate of drug-likeness (QED) is 0.646. The molecule has 1 N–H and O–H groups in total. The molecule has 6 heteroatoms. The molecule has 0 radical (unpaired) electrons. The third-order valence-corrected chi connectivity index (χ3v) is 4.54. The van der Waals surface area contributed by atoms with Gasteiger partial charge in [-0.05, 0) is 49.7 Å². The molecule has 2 aromatic heterocycles. The third kappa shape index (κ3) is 4.57. The summed E-state index contributed by atoms with van der Waals surface area (Å²) < 4.78 is 5.55. The number of aromatic amines is 1. The number of carbonyl (C=O) groups excluding carboxylic acids is 1. The monoisotopic (exact) mass is 379 g/mol. The molecule has 0 bridgehead atoms. The first-order chi connectivity index (χ1) is 13.6. The minimum atomic E-state index is -0.183. The number of pyridine rings is 2. The second kappa shape index (κ2) is 9.17. The molecule has 0 unspecified atom stereocenters. The summed E-state index contributed by atoms with van der Waals surface area (Å²) in [5, 5.41) is 0.879. The van der Waals surface area contributed by atoms with Gasteiger partial charge >= 0.3 is 0 Å². The normalized spacial score (nSPS) is 10.8. The number of carbonyl (C=O) groups is 1. The van der Waals surface area contributed by atoms with Crippen LogP contribution in [0.3, 0.4) is 0 Å². The van der Waals surface area contributed by atoms with Crippen LogP contribution in [0.2, 0.25) is 0 Å². The molecular weight excluding hydrogens is 354 g/mol. The van der Waals surface area contributed by atoms with Crippen molar-refractivity contribution in [2.24, 2.45) is 0 Å². The fourth-order valence-corrected chi connectivity index (χ4v) is 3.08. The number of aromatic nitrogens is 2. The summed E-state index contributed by atoms with van der Waals surface area (Å²) in [4.78, 5) is 34.1. The molecule has 28 heavy (non-hydrogen) atoms. The van der Waals surface area contributed by atoms with E-state index in [-0.39, 0.29) is 18.0 Å². The Hall–Kier alpha value is -3.15. The number of nitrogens with zero attached hydrogens (tertiary/aromatic N) is 2. The standard InChI is InChI=1S/C22H25N3O3/c1-3-5-11-25(22(27)16-7-6-10-23-14-16)15-18-12-17-13-19(28-4-2)8-9-20(17)24-21(18)26/h6-10,12-14H,3-5,11,15H2,1-2H3,(H,24,26). The molecule has 146 valence electrons. The van der Waals surface area contributed by atoms with Gasteiger partial charge in [0.2, 0.25) is 0 Å². The summed E-state index contributed by atoms with van der Waals surface area (Å²) in [6.07, 6.45) is 5.02. The highest BCUT2D eigenvalue weighted by Crippen LogP contribution is 2.20. The van der Waals surface area contributed by atoms with E-state index in [1.807, 2.05) is 31.2 Å². The van der Waals surface area contributed by atoms with Crippen LogP contribution in [0, 0.1) is 0 Å². The smallest absolute Gasteiger partial charge is 0.255 e. The predicted molar refractivity (Wildman–Crippen MR) is 110 cm³/mol. The zero-order chi connectivity index (χ0) is 19.9. The van der Waals surface area contributed by atoms with Crippen LogP contribution in [0.1, 0.15) is 42.6 Å². The number of nitrogens with one attached hydrogen (secondary N) is 1. The SMILES string of the molecule is CCCCN(Cc1cc2cc(OCC)ccc2[nH]c1=O)C(=O)c1cccnc1. The van der Waals surface area contributed by atoms with Gasteiger partial charge in [-0.2, -0.15) is 0 Å². The van der Waals surface area contributed by atoms with E-state index in [1.165, 1.54) is 0 Å². The molecule has 0 saturated carbocycles. The molecule has 0 saturated heterocycles. The summed E-state index contributed by atoms with van der Waals surface area (Å²) in [7, 11) is 0. The zero-order valence-electron chi connectivity index (χ0n) is 16.3. The highest BCUT2D eigenvalue weighted by atomic mass is 16.5. The van der Waals surface area contributed by atoms with Crippen LogP contribution in [-0.4, -0.2) is 33.9 Å². The van der Waals surface area contributed by atoms with Crippen molar-refractivity contribution in [1.29, 1.82) is 0 Å². The van der Waals surface area contributed by atoms with Crippen molar-refractivity contribution in [3.63, 3.8) is 0 Å². The summed E-state index contributed by atoms with van der Waals surface area (Å²) >= 11 is 0. The van der Waals surface area contributed by atoms with Crippen molar-refractivity contribution in [1.82, 2.24) is 14.9 Å². The van der Waals surface area contributed by atoms with E-state index in [1.54, 1.807) is 29.4 Å². The van der Waals surface area contributed by atoms with Gasteiger partial charge in [-0.15, -0.1) is 0 Å². The van der Waals surface area contributed by atoms with Crippen LogP contribution in [0.25, 0.3) is 10.9 Å². The lowest BCUT2D eigenvalue weighted by Gasteiger charge is -2.22. The minimum absolute atomic E-state index is 0.121. The van der Waals surface area contributed by atoms with Gasteiger partial charge in [0.15, 0.2) is 0 Å². The molecule has 1 aromatic carbocycles. The predicted octanol–water partition coefficient (Wildman–Crippen LogP) is 3.76. The highest BCUT2D eigenvalue weighted by molar-refractivity contribution is 5.93. The second-order valence-electron chi connectivity index (χ2n) is 6.63. The lowest BCUT2D eigenvalue weighted by atomic mass is 10.1. The van der Waals surface area contributed by atoms with Crippen LogP contribution in [0.4, 0.5) is 0 Å². The number of unbranched alkanes of at least 4 members (excludes halogenated alkanes) is 1. The Labute approximate surface area is 164 Å². The number of hydrogen-bond donors (Lipinski definition) is 1. The molecule has 6 nitrogen and oxygen atoms in total. The van der Waals surface area contributed by atoms with E-state index in [9.17, 15) is 9.59 Å². The maximum Gasteiger partial charge on any atom is 0.255 e. The number of amides is 1. The minimum Gasteiger partial charge on any atom is -0.494 e. The average Bonchev–Trinajstić information content (AvgIpc) is 2.72. The fourth-order valence-electron chi connectivity index (χ4n) is 3.08. The van der Waals surface area contributed by atoms with E-state index in [2.05, 4.69) is 16.9 Å². The summed E-state index contributed by atoms with van der Waals surface area (Å²) in [5.74, 6) is 0.631. The van der Waals surface area contributed by atoms with Crippen LogP contribution < -0.4 is 10.3 Å². The molecule has 2 heterocycles. The fraction of sp³-hybridized carbons (Fsp3) is 0.318. The van der Waals surface area contributed by atoms with Crippen molar-refractivity contribution >= 4 is 16.8 Å². The Bertz CT molecular complexity index is 999. The molecule has 0 aliphatic carbocycles. The van der Waals surface area contributed by atoms with E-state index in [0.29, 0.717) is 24.3 Å². The van der Waals surface area contributed by atoms with Crippen LogP contribution >= 0.6 is 0 Å². The maximum absolute atomic E-state index is 12.9. The Kier molecular flexibility index (Phi) is 6.42. The van der Waals surface area contributed by atoms with E-state index in [0.717, 1.165) is 29.5 Å². The molecule has 3 aromatic rings. The Morgan fingerprint density at radius 2 is 2.07 bits per heavy atom. The molecule has 0 aliphatic heterocycles. The van der Waals surface area contributed by atoms with Crippen molar-refractivity contribution in [2.75, 3.05) is 13.2 Å². The molecule has 0 fully saturated rings. The first-order valence-corrected chi connectivity index (χ1v) is 9.60. The van der Waals surface area contributed by atoms with E-state index < -0.39 is 0 Å². The largest absolute Gasteiger partial charge is 0.494 e. The number of H-pyrrole nitrogens is 1. The Morgan fingerprint density at radius 3 is 2.79 bits per heavy atom. The maximum atomic E-state index is 12.9. The number of rotatable bonds is 8. The van der Waals surface area contributed by atoms with Gasteiger partial charge in [-0.25, -0.2) is 0 Å². The molecular formula is C22H25N3O3. The number of hydrogen-bond acceptors (Lipinski definition) is 4. The summed E-state index contributed by atoms with van der Waals surface area (Å²) in [5.41, 5.74) is 1.64. The number of benzene rings is 1. The highest BCUT2D eigenvalue weighted by Gasteiger charge is 2.17. The third-order valence-electron chi connectivity index (χ3n) is 4.54. The summed E-state index contributed by atoms with van der Waals surface area (Å²) in [6.45, 7) is 5.41. The van der Waals surface area contributed by atoms with Gasteiger partial charge < -0.3 is 14.6 Å². The Balaban J connectivity index is 1.92. The molecule has 0 aliphatic rings. The van der Waals surface area contributed by atoms with Crippen LogP contribution in [0.5, 0.6) is 5.75 Å². The van der Waals surface area contributed by atoms with Gasteiger partial charge in [0, 0.05) is 35.4 Å². The first kappa shape index (κ1) is 19.6. The molecule has 0 atom stereocenters. The first-order valence-electron chi connectivity index (χ1n) is 9.60. The van der Waals surface area contributed by atoms with Gasteiger partial charge in [-0.1, -0.05) is 13.3 Å². The van der Waals surface area contributed by atoms with Crippen molar-refractivity contribution in [3.8, 4) is 5.75 Å². The zero-order valence-corrected chi connectivity index (χ0v) is 16.3. The molecule has 1 amide bonds. The van der Waals surface area contributed by atoms with E-state index in [4.69, 9.17) is 4.74 Å². The van der Waals surface area contributed by atoms with Crippen molar-refractivity contribution < 1.29 is 9.53 Å². The van der Waals surface area contributed by atoms with Crippen molar-refractivity contribution in [3.05, 3.63) is 70.3 Å². The lowest BCUT2D eigenvalue weighted by molar-refractivity contribution is 0.0740. The van der Waals surface area contributed by atoms with Gasteiger partial charge in [0.25, 0.3) is 11.5 Å². The summed E-state index contributed by atoms with van der Waals surface area (Å²) in [6, 6.07) is 10.9. The van der Waals surface area contributed by atoms with Gasteiger partial charge in [0.1, 0.15) is 5.75 Å². The van der Waals surface area contributed by atoms with Gasteiger partial charge in [-0.3, -0.25) is 14.6 Å². The Morgan fingerprint density at radius 1 is 1.21 bits per heavy atom. The molecule has 0 spiro atoms. The van der Waals surface area contributed by atoms with Gasteiger partial charge in [0.05, 0.1) is 18.7 Å². The van der Waals surface area contributed by atoms with Crippen LogP contribution in [-0.2, 0) is 6.54 Å². The number of fused-ring (bicyclic) bond motifs is 1. The topological polar surface area (TPSA) is 75.3 Å². The van der Waals surface area contributed by atoms with Crippen LogP contribution in [0.15, 0.2) is 53.6 Å². The second-order valence-corrected chi connectivity index (χ2v) is 6.63. The van der Waals surface area contributed by atoms with E-state index >= 15 is 0 Å². The average molecular weight is 379 g/mol. The molecule has 3 rings (SSSR count). The number of ether oxygens (including phenoxy) is 1.